The van der Waals surface area contributed by atoms with E-state index in [0.29, 0.717) is 50.6 Å². The van der Waals surface area contributed by atoms with Gasteiger partial charge in [-0.3, -0.25) is 4.68 Å². The number of hydrogen-bond donors (Lipinski definition) is 1. The van der Waals surface area contributed by atoms with Crippen molar-refractivity contribution in [3.05, 3.63) is 35.7 Å². The molecule has 1 aromatic carbocycles. The molecule has 2 aromatic rings. The molecule has 1 aromatic heterocycles. The van der Waals surface area contributed by atoms with Gasteiger partial charge in [0.25, 0.3) is 0 Å². The van der Waals surface area contributed by atoms with Gasteiger partial charge < -0.3 is 19.9 Å². The van der Waals surface area contributed by atoms with Gasteiger partial charge >= 0.3 is 6.03 Å². The first-order valence-corrected chi connectivity index (χ1v) is 12.9. The number of para-hydroxylation sites is 2. The molecule has 0 bridgehead atoms. The fourth-order valence-electron chi connectivity index (χ4n) is 4.61. The Morgan fingerprint density at radius 2 is 1.91 bits per heavy atom. The van der Waals surface area contributed by atoms with Crippen molar-refractivity contribution in [3.63, 3.8) is 0 Å². The highest BCUT2D eigenvalue weighted by molar-refractivity contribution is 7.91. The van der Waals surface area contributed by atoms with Crippen LogP contribution in [0.2, 0.25) is 0 Å². The number of carbonyl (C=O) groups is 1. The monoisotopic (exact) mass is 461 g/mol. The molecular weight excluding hydrogens is 430 g/mol. The van der Waals surface area contributed by atoms with Crippen LogP contribution in [-0.4, -0.2) is 73.4 Å². The Morgan fingerprint density at radius 1 is 1.19 bits per heavy atom. The van der Waals surface area contributed by atoms with Gasteiger partial charge in [-0.05, 0) is 39.3 Å². The van der Waals surface area contributed by atoms with E-state index in [-0.39, 0.29) is 23.6 Å². The number of hydrogen-bond acceptors (Lipinski definition) is 6. The minimum absolute atomic E-state index is 0.0927. The molecule has 4 rings (SSSR count). The molecule has 0 spiro atoms. The molecule has 2 saturated heterocycles. The minimum Gasteiger partial charge on any atom is -0.492 e. The van der Waals surface area contributed by atoms with Crippen molar-refractivity contribution >= 4 is 27.2 Å². The third kappa shape index (κ3) is 4.55. The molecule has 174 valence electrons. The van der Waals surface area contributed by atoms with E-state index in [0.717, 1.165) is 17.1 Å². The summed E-state index contributed by atoms with van der Waals surface area (Å²) in [6.07, 6.45) is 0.612. The zero-order valence-corrected chi connectivity index (χ0v) is 19.7. The van der Waals surface area contributed by atoms with E-state index in [4.69, 9.17) is 4.74 Å². The summed E-state index contributed by atoms with van der Waals surface area (Å²) in [6, 6.07) is 7.20. The van der Waals surface area contributed by atoms with E-state index in [1.807, 2.05) is 49.7 Å². The molecule has 32 heavy (non-hydrogen) atoms. The van der Waals surface area contributed by atoms with E-state index in [1.165, 1.54) is 0 Å². The van der Waals surface area contributed by atoms with Gasteiger partial charge in [0.1, 0.15) is 5.75 Å². The van der Waals surface area contributed by atoms with Crippen LogP contribution in [0.3, 0.4) is 0 Å². The highest BCUT2D eigenvalue weighted by atomic mass is 32.2. The van der Waals surface area contributed by atoms with E-state index in [1.54, 1.807) is 4.90 Å². The SMILES string of the molecule is CCOc1ccccc1NC(=O)N1CCN(c2c(C)nn(C3CCS(=O)(=O)C3)c2C)CC1. The lowest BCUT2D eigenvalue weighted by atomic mass is 10.2. The number of benzene rings is 1. The minimum atomic E-state index is -2.97. The van der Waals surface area contributed by atoms with Gasteiger partial charge in [-0.15, -0.1) is 0 Å². The van der Waals surface area contributed by atoms with Gasteiger partial charge in [-0.25, -0.2) is 13.2 Å². The molecule has 0 saturated carbocycles. The zero-order valence-electron chi connectivity index (χ0n) is 18.9. The number of amides is 2. The topological polar surface area (TPSA) is 96.8 Å². The molecule has 3 heterocycles. The third-order valence-corrected chi connectivity index (χ3v) is 7.90. The predicted molar refractivity (Wildman–Crippen MR) is 124 cm³/mol. The van der Waals surface area contributed by atoms with Crippen molar-refractivity contribution < 1.29 is 17.9 Å². The molecule has 1 atom stereocenters. The first-order chi connectivity index (χ1) is 15.3. The van der Waals surface area contributed by atoms with E-state index >= 15 is 0 Å². The summed E-state index contributed by atoms with van der Waals surface area (Å²) < 4.78 is 31.3. The molecule has 2 amide bonds. The highest BCUT2D eigenvalue weighted by Crippen LogP contribution is 2.32. The molecule has 1 N–H and O–H groups in total. The maximum absolute atomic E-state index is 12.8. The second-order valence-electron chi connectivity index (χ2n) is 8.35. The van der Waals surface area contributed by atoms with Crippen LogP contribution in [0.15, 0.2) is 24.3 Å². The Kier molecular flexibility index (Phi) is 6.32. The number of ether oxygens (including phenoxy) is 1. The summed E-state index contributed by atoms with van der Waals surface area (Å²) >= 11 is 0. The fourth-order valence-corrected chi connectivity index (χ4v) is 6.31. The number of sulfone groups is 1. The van der Waals surface area contributed by atoms with E-state index < -0.39 is 9.84 Å². The second-order valence-corrected chi connectivity index (χ2v) is 10.6. The number of nitrogens with one attached hydrogen (secondary N) is 1. The summed E-state index contributed by atoms with van der Waals surface area (Å²) in [6.45, 7) is 8.97. The van der Waals surface area contributed by atoms with Gasteiger partial charge in [0, 0.05) is 26.2 Å². The largest absolute Gasteiger partial charge is 0.492 e. The number of anilines is 2. The maximum Gasteiger partial charge on any atom is 0.322 e. The molecule has 1 unspecified atom stereocenters. The van der Waals surface area contributed by atoms with Crippen molar-refractivity contribution in [1.29, 1.82) is 0 Å². The van der Waals surface area contributed by atoms with Crippen LogP contribution in [-0.2, 0) is 9.84 Å². The van der Waals surface area contributed by atoms with Crippen LogP contribution < -0.4 is 15.0 Å². The fraction of sp³-hybridized carbons (Fsp3) is 0.545. The van der Waals surface area contributed by atoms with Crippen molar-refractivity contribution in [3.8, 4) is 5.75 Å². The van der Waals surface area contributed by atoms with Crippen LogP contribution in [0, 0.1) is 13.8 Å². The van der Waals surface area contributed by atoms with E-state index in [2.05, 4.69) is 15.3 Å². The normalized spacial score (nSPS) is 20.4. The van der Waals surface area contributed by atoms with Crippen LogP contribution in [0.25, 0.3) is 0 Å². The zero-order chi connectivity index (χ0) is 22.9. The van der Waals surface area contributed by atoms with Gasteiger partial charge in [0.2, 0.25) is 0 Å². The first kappa shape index (κ1) is 22.4. The van der Waals surface area contributed by atoms with Crippen molar-refractivity contribution in [2.75, 3.05) is 54.5 Å². The number of aryl methyl sites for hydroxylation is 1. The molecule has 9 nitrogen and oxygen atoms in total. The average Bonchev–Trinajstić information content (AvgIpc) is 3.27. The van der Waals surface area contributed by atoms with Crippen LogP contribution >= 0.6 is 0 Å². The van der Waals surface area contributed by atoms with Gasteiger partial charge in [-0.2, -0.15) is 5.10 Å². The van der Waals surface area contributed by atoms with Crippen molar-refractivity contribution in [2.45, 2.75) is 33.2 Å². The molecule has 2 aliphatic rings. The lowest BCUT2D eigenvalue weighted by Crippen LogP contribution is -2.50. The Morgan fingerprint density at radius 3 is 2.56 bits per heavy atom. The summed E-state index contributed by atoms with van der Waals surface area (Å²) in [5.74, 6) is 1.05. The lowest BCUT2D eigenvalue weighted by molar-refractivity contribution is 0.208. The summed E-state index contributed by atoms with van der Waals surface area (Å²) in [4.78, 5) is 16.9. The number of urea groups is 1. The lowest BCUT2D eigenvalue weighted by Gasteiger charge is -2.36. The van der Waals surface area contributed by atoms with Crippen LogP contribution in [0.1, 0.15) is 30.8 Å². The first-order valence-electron chi connectivity index (χ1n) is 11.1. The summed E-state index contributed by atoms with van der Waals surface area (Å²) in [7, 11) is -2.97. The van der Waals surface area contributed by atoms with Crippen LogP contribution in [0.5, 0.6) is 5.75 Å². The third-order valence-electron chi connectivity index (χ3n) is 6.15. The highest BCUT2D eigenvalue weighted by Gasteiger charge is 2.33. The Hall–Kier alpha value is -2.75. The van der Waals surface area contributed by atoms with Crippen molar-refractivity contribution in [1.82, 2.24) is 14.7 Å². The summed E-state index contributed by atoms with van der Waals surface area (Å²) in [5.41, 5.74) is 3.61. The molecule has 2 aliphatic heterocycles. The number of aromatic nitrogens is 2. The Bertz CT molecular complexity index is 1090. The van der Waals surface area contributed by atoms with Crippen molar-refractivity contribution in [2.24, 2.45) is 0 Å². The van der Waals surface area contributed by atoms with E-state index in [9.17, 15) is 13.2 Å². The summed E-state index contributed by atoms with van der Waals surface area (Å²) in [5, 5.41) is 7.64. The quantitative estimate of drug-likeness (QED) is 0.735. The number of carbonyl (C=O) groups excluding carboxylic acids is 1. The molecular formula is C22H31N5O4S. The molecule has 10 heteroatoms. The smallest absolute Gasteiger partial charge is 0.322 e. The molecule has 2 fully saturated rings. The molecule has 0 radical (unpaired) electrons. The Labute approximate surface area is 189 Å². The standard InChI is InChI=1S/C22H31N5O4S/c1-4-31-20-8-6-5-7-19(20)23-22(28)26-12-10-25(11-13-26)21-16(2)24-27(17(21)3)18-9-14-32(29,30)15-18/h5-8,18H,4,9-15H2,1-3H3,(H,23,28). The average molecular weight is 462 g/mol. The number of rotatable bonds is 5. The maximum atomic E-state index is 12.8. The molecule has 0 aliphatic carbocycles. The van der Waals surface area contributed by atoms with Gasteiger partial charge in [0.15, 0.2) is 9.84 Å². The number of piperazine rings is 1. The van der Waals surface area contributed by atoms with Gasteiger partial charge in [0.05, 0.1) is 46.9 Å². The Balaban J connectivity index is 1.41. The van der Waals surface area contributed by atoms with Gasteiger partial charge in [-0.1, -0.05) is 12.1 Å². The number of nitrogens with zero attached hydrogens (tertiary/aromatic N) is 4. The van der Waals surface area contributed by atoms with Crippen LogP contribution in [0.4, 0.5) is 16.2 Å². The predicted octanol–water partition coefficient (Wildman–Crippen LogP) is 2.61. The second kappa shape index (κ2) is 9.01.